The minimum absolute atomic E-state index is 0.416. The minimum Gasteiger partial charge on any atom is -0.494 e. The number of rotatable bonds is 0. The van der Waals surface area contributed by atoms with Crippen molar-refractivity contribution < 1.29 is 18.7 Å². The van der Waals surface area contributed by atoms with Crippen LogP contribution in [-0.4, -0.2) is 29.4 Å². The molecule has 134 valence electrons. The number of carbonyl (C=O) groups is 1. The number of nitrogens with one attached hydrogen (secondary N) is 2. The van der Waals surface area contributed by atoms with Crippen LogP contribution in [0, 0.1) is 5.82 Å². The van der Waals surface area contributed by atoms with E-state index in [1.54, 1.807) is 13.0 Å². The number of benzene rings is 2. The maximum atomic E-state index is 14.2. The number of aromatic nitrogens is 2. The molecule has 2 aromatic carbocycles. The molecule has 1 atom stereocenters. The van der Waals surface area contributed by atoms with Crippen molar-refractivity contribution in [3.8, 4) is 17.0 Å². The third kappa shape index (κ3) is 3.20. The summed E-state index contributed by atoms with van der Waals surface area (Å²) in [5, 5.41) is 10.8. The van der Waals surface area contributed by atoms with Gasteiger partial charge in [0.2, 0.25) is 0 Å². The Balaban J connectivity index is 1.84. The van der Waals surface area contributed by atoms with E-state index in [1.165, 1.54) is 12.1 Å². The number of cyclic esters (lactones) is 1. The molecule has 2 heterocycles. The Morgan fingerprint density at radius 2 is 2.12 bits per heavy atom. The molecule has 1 aliphatic rings. The first kappa shape index (κ1) is 16.4. The number of alkyl carbamates (subject to hydrolysis) is 1. The van der Waals surface area contributed by atoms with E-state index < -0.39 is 18.0 Å². The second kappa shape index (κ2) is 6.67. The van der Waals surface area contributed by atoms with Gasteiger partial charge in [-0.25, -0.2) is 9.18 Å². The molecule has 0 aliphatic carbocycles. The number of nitrogens with zero attached hydrogens (tertiary/aromatic N) is 1. The number of halogens is 1. The van der Waals surface area contributed by atoms with Crippen LogP contribution < -0.4 is 10.1 Å². The lowest BCUT2D eigenvalue weighted by Gasteiger charge is -2.15. The van der Waals surface area contributed by atoms with Gasteiger partial charge in [-0.15, -0.1) is 0 Å². The van der Waals surface area contributed by atoms with Gasteiger partial charge < -0.3 is 14.8 Å². The SMILES string of the molecule is C[C@H]1OC(=O)NCCCOc2ccc3[nH]nc(c3c2)-c2cc(F)cc1c2. The van der Waals surface area contributed by atoms with Gasteiger partial charge in [0.25, 0.3) is 0 Å². The fourth-order valence-electron chi connectivity index (χ4n) is 3.01. The van der Waals surface area contributed by atoms with Crippen LogP contribution >= 0.6 is 0 Å². The maximum Gasteiger partial charge on any atom is 0.407 e. The zero-order chi connectivity index (χ0) is 18.1. The normalized spacial score (nSPS) is 17.8. The number of ether oxygens (including phenoxy) is 2. The maximum absolute atomic E-state index is 14.2. The summed E-state index contributed by atoms with van der Waals surface area (Å²) in [6.45, 7) is 2.59. The van der Waals surface area contributed by atoms with E-state index in [4.69, 9.17) is 9.47 Å². The van der Waals surface area contributed by atoms with Crippen LogP contribution in [-0.2, 0) is 4.74 Å². The van der Waals surface area contributed by atoms with Crippen molar-refractivity contribution in [3.63, 3.8) is 0 Å². The second-order valence-corrected chi connectivity index (χ2v) is 6.23. The number of hydrogen-bond donors (Lipinski definition) is 2. The Morgan fingerprint density at radius 3 is 3.00 bits per heavy atom. The predicted molar refractivity (Wildman–Crippen MR) is 94.5 cm³/mol. The number of fused-ring (bicyclic) bond motifs is 4. The first-order valence-corrected chi connectivity index (χ1v) is 8.46. The summed E-state index contributed by atoms with van der Waals surface area (Å²) in [5.74, 6) is 0.281. The van der Waals surface area contributed by atoms with Crippen molar-refractivity contribution in [2.24, 2.45) is 0 Å². The molecule has 0 fully saturated rings. The van der Waals surface area contributed by atoms with E-state index in [0.717, 1.165) is 10.9 Å². The highest BCUT2D eigenvalue weighted by Gasteiger charge is 2.17. The van der Waals surface area contributed by atoms with Gasteiger partial charge in [-0.1, -0.05) is 0 Å². The van der Waals surface area contributed by atoms with Crippen molar-refractivity contribution in [1.82, 2.24) is 15.5 Å². The summed E-state index contributed by atoms with van der Waals surface area (Å²) in [6.07, 6.45) is -0.491. The molecule has 26 heavy (non-hydrogen) atoms. The summed E-state index contributed by atoms with van der Waals surface area (Å²) in [7, 11) is 0. The molecule has 3 aromatic rings. The molecule has 7 heteroatoms. The third-order valence-corrected chi connectivity index (χ3v) is 4.34. The highest BCUT2D eigenvalue weighted by Crippen LogP contribution is 2.32. The van der Waals surface area contributed by atoms with Crippen molar-refractivity contribution in [2.45, 2.75) is 19.4 Å². The van der Waals surface area contributed by atoms with Gasteiger partial charge in [0, 0.05) is 17.5 Å². The van der Waals surface area contributed by atoms with Gasteiger partial charge >= 0.3 is 6.09 Å². The molecule has 1 amide bonds. The van der Waals surface area contributed by atoms with E-state index >= 15 is 0 Å². The molecule has 0 saturated carbocycles. The summed E-state index contributed by atoms with van der Waals surface area (Å²) in [5.41, 5.74) is 2.63. The highest BCUT2D eigenvalue weighted by molar-refractivity contribution is 5.93. The third-order valence-electron chi connectivity index (χ3n) is 4.34. The Morgan fingerprint density at radius 1 is 1.23 bits per heavy atom. The van der Waals surface area contributed by atoms with Crippen molar-refractivity contribution in [1.29, 1.82) is 0 Å². The number of carbonyl (C=O) groups excluding carboxylic acids is 1. The van der Waals surface area contributed by atoms with Crippen LogP contribution in [0.15, 0.2) is 36.4 Å². The zero-order valence-electron chi connectivity index (χ0n) is 14.2. The highest BCUT2D eigenvalue weighted by atomic mass is 19.1. The first-order valence-electron chi connectivity index (χ1n) is 8.46. The quantitative estimate of drug-likeness (QED) is 0.640. The fourth-order valence-corrected chi connectivity index (χ4v) is 3.01. The molecule has 6 nitrogen and oxygen atoms in total. The van der Waals surface area contributed by atoms with Gasteiger partial charge in [0.05, 0.1) is 12.1 Å². The van der Waals surface area contributed by atoms with E-state index in [1.807, 2.05) is 18.2 Å². The summed E-state index contributed by atoms with van der Waals surface area (Å²) in [6, 6.07) is 10.2. The molecular formula is C19H18FN3O3. The first-order chi connectivity index (χ1) is 12.6. The van der Waals surface area contributed by atoms with E-state index in [-0.39, 0.29) is 0 Å². The average molecular weight is 355 g/mol. The lowest BCUT2D eigenvalue weighted by atomic mass is 10.0. The number of aromatic amines is 1. The van der Waals surface area contributed by atoms with Gasteiger partial charge in [0.1, 0.15) is 23.4 Å². The summed E-state index contributed by atoms with van der Waals surface area (Å²) >= 11 is 0. The Bertz CT molecular complexity index is 970. The molecule has 4 rings (SSSR count). The Labute approximate surface area is 149 Å². The minimum atomic E-state index is -0.591. The van der Waals surface area contributed by atoms with Crippen LogP contribution in [0.2, 0.25) is 0 Å². The van der Waals surface area contributed by atoms with Gasteiger partial charge in [-0.2, -0.15) is 5.10 Å². The predicted octanol–water partition coefficient (Wildman–Crippen LogP) is 3.94. The molecule has 4 bridgehead atoms. The molecule has 1 aliphatic heterocycles. The van der Waals surface area contributed by atoms with Crippen LogP contribution in [0.1, 0.15) is 25.0 Å². The lowest BCUT2D eigenvalue weighted by Crippen LogP contribution is -2.27. The number of amides is 1. The Kier molecular flexibility index (Phi) is 4.20. The van der Waals surface area contributed by atoms with Crippen LogP contribution in [0.5, 0.6) is 5.75 Å². The average Bonchev–Trinajstić information content (AvgIpc) is 3.03. The number of hydrogen-bond acceptors (Lipinski definition) is 4. The topological polar surface area (TPSA) is 76.2 Å². The number of H-pyrrole nitrogens is 1. The second-order valence-electron chi connectivity index (χ2n) is 6.23. The molecule has 1 aromatic heterocycles. The van der Waals surface area contributed by atoms with Gasteiger partial charge in [-0.05, 0) is 55.3 Å². The van der Waals surface area contributed by atoms with Crippen molar-refractivity contribution in [3.05, 3.63) is 47.8 Å². The largest absolute Gasteiger partial charge is 0.494 e. The fraction of sp³-hybridized carbons (Fsp3) is 0.263. The monoisotopic (exact) mass is 355 g/mol. The molecule has 0 radical (unpaired) electrons. The van der Waals surface area contributed by atoms with Crippen LogP contribution in [0.4, 0.5) is 9.18 Å². The van der Waals surface area contributed by atoms with Crippen LogP contribution in [0.25, 0.3) is 22.2 Å². The van der Waals surface area contributed by atoms with Gasteiger partial charge in [0.15, 0.2) is 0 Å². The Hall–Kier alpha value is -3.09. The standard InChI is InChI=1S/C19H18FN3O3/c1-11-12-7-13(9-14(20)8-12)18-16-10-15(3-4-17(16)22-23-18)25-6-2-5-21-19(24)26-11/h3-4,7-11H,2,5-6H2,1H3,(H,21,24)(H,22,23)/t11-/m1/s1. The summed E-state index contributed by atoms with van der Waals surface area (Å²) < 4.78 is 25.3. The lowest BCUT2D eigenvalue weighted by molar-refractivity contribution is 0.106. The zero-order valence-corrected chi connectivity index (χ0v) is 14.2. The smallest absolute Gasteiger partial charge is 0.407 e. The van der Waals surface area contributed by atoms with E-state index in [0.29, 0.717) is 42.1 Å². The van der Waals surface area contributed by atoms with Crippen molar-refractivity contribution in [2.75, 3.05) is 13.2 Å². The molecule has 0 unspecified atom stereocenters. The molecular weight excluding hydrogens is 337 g/mol. The summed E-state index contributed by atoms with van der Waals surface area (Å²) in [4.78, 5) is 11.9. The molecule has 0 spiro atoms. The van der Waals surface area contributed by atoms with E-state index in [9.17, 15) is 9.18 Å². The van der Waals surface area contributed by atoms with Crippen molar-refractivity contribution >= 4 is 17.0 Å². The molecule has 2 N–H and O–H groups in total. The van der Waals surface area contributed by atoms with Crippen LogP contribution in [0.3, 0.4) is 0 Å². The van der Waals surface area contributed by atoms with E-state index in [2.05, 4.69) is 15.5 Å². The van der Waals surface area contributed by atoms with Gasteiger partial charge in [-0.3, -0.25) is 5.10 Å². The molecule has 0 saturated heterocycles.